The molecule has 0 aliphatic carbocycles. The Bertz CT molecular complexity index is 817. The molecule has 0 radical (unpaired) electrons. The molecule has 26 heavy (non-hydrogen) atoms. The fraction of sp³-hybridized carbons (Fsp3) is 0.250. The van der Waals surface area contributed by atoms with Crippen molar-refractivity contribution in [2.24, 2.45) is 11.5 Å². The maximum absolute atomic E-state index is 10.6. The number of aromatic amines is 1. The number of carboxylic acids is 1. The molecule has 7 N–H and O–H groups in total. The summed E-state index contributed by atoms with van der Waals surface area (Å²) in [5.41, 5.74) is 14.2. The van der Waals surface area contributed by atoms with Gasteiger partial charge in [-0.15, -0.1) is 0 Å². The summed E-state index contributed by atoms with van der Waals surface area (Å²) in [6.45, 7) is 0.0505. The van der Waals surface area contributed by atoms with Crippen LogP contribution in [0.1, 0.15) is 11.1 Å². The number of nitrogens with two attached hydrogens (primary N) is 2. The largest absolute Gasteiger partial charge is 0.480 e. The first-order chi connectivity index (χ1) is 12.5. The van der Waals surface area contributed by atoms with Crippen molar-refractivity contribution in [1.82, 2.24) is 4.98 Å². The first-order valence-corrected chi connectivity index (χ1v) is 8.45. The monoisotopic (exact) mass is 355 g/mol. The lowest BCUT2D eigenvalue weighted by Crippen LogP contribution is -2.32. The van der Waals surface area contributed by atoms with Crippen LogP contribution < -0.4 is 11.5 Å². The maximum Gasteiger partial charge on any atom is 0.320 e. The summed E-state index contributed by atoms with van der Waals surface area (Å²) < 4.78 is 0. The molecule has 1 heterocycles. The minimum absolute atomic E-state index is 0.0505. The number of aromatic nitrogens is 1. The number of carbonyl (C=O) groups is 1. The summed E-state index contributed by atoms with van der Waals surface area (Å²) >= 11 is 0. The molecule has 0 saturated carbocycles. The van der Waals surface area contributed by atoms with Gasteiger partial charge in [0.2, 0.25) is 0 Å². The zero-order chi connectivity index (χ0) is 18.9. The summed E-state index contributed by atoms with van der Waals surface area (Å²) in [6.07, 6.45) is 2.91. The minimum atomic E-state index is -0.972. The predicted molar refractivity (Wildman–Crippen MR) is 103 cm³/mol. The zero-order valence-corrected chi connectivity index (χ0v) is 14.5. The third kappa shape index (κ3) is 5.70. The molecule has 3 aromatic rings. The van der Waals surface area contributed by atoms with Crippen molar-refractivity contribution in [3.63, 3.8) is 0 Å². The highest BCUT2D eigenvalue weighted by molar-refractivity contribution is 5.84. The van der Waals surface area contributed by atoms with Crippen molar-refractivity contribution in [2.45, 2.75) is 24.9 Å². The predicted octanol–water partition coefficient (Wildman–Crippen LogP) is 1.67. The molecule has 0 fully saturated rings. The quantitative estimate of drug-likeness (QED) is 0.460. The van der Waals surface area contributed by atoms with Gasteiger partial charge in [0.25, 0.3) is 0 Å². The Morgan fingerprint density at radius 1 is 1.00 bits per heavy atom. The topological polar surface area (TPSA) is 125 Å². The normalized spacial score (nSPS) is 12.9. The first kappa shape index (κ1) is 19.7. The average Bonchev–Trinajstić information content (AvgIpc) is 3.06. The number of nitrogens with one attached hydrogen (secondary N) is 1. The van der Waals surface area contributed by atoms with E-state index in [0.29, 0.717) is 6.42 Å². The Morgan fingerprint density at radius 2 is 1.65 bits per heavy atom. The van der Waals surface area contributed by atoms with Crippen molar-refractivity contribution in [1.29, 1.82) is 0 Å². The molecule has 1 aromatic heterocycles. The Labute approximate surface area is 152 Å². The molecule has 6 nitrogen and oxygen atoms in total. The summed E-state index contributed by atoms with van der Waals surface area (Å²) in [5, 5.41) is 18.4. The van der Waals surface area contributed by atoms with Crippen LogP contribution in [0.4, 0.5) is 0 Å². The molecule has 0 amide bonds. The third-order valence-corrected chi connectivity index (χ3v) is 4.01. The average molecular weight is 355 g/mol. The van der Waals surface area contributed by atoms with Crippen molar-refractivity contribution < 1.29 is 15.0 Å². The molecule has 0 unspecified atom stereocenters. The second-order valence-corrected chi connectivity index (χ2v) is 6.14. The van der Waals surface area contributed by atoms with Crippen LogP contribution in [0.5, 0.6) is 0 Å². The van der Waals surface area contributed by atoms with E-state index < -0.39 is 12.0 Å². The molecule has 0 aliphatic rings. The number of aliphatic carboxylic acids is 1. The number of aliphatic hydroxyl groups is 1. The number of para-hydroxylation sites is 1. The third-order valence-electron chi connectivity index (χ3n) is 4.01. The second kappa shape index (κ2) is 9.72. The van der Waals surface area contributed by atoms with Crippen molar-refractivity contribution in [2.75, 3.05) is 6.61 Å². The van der Waals surface area contributed by atoms with Crippen LogP contribution >= 0.6 is 0 Å². The highest BCUT2D eigenvalue weighted by Crippen LogP contribution is 2.18. The van der Waals surface area contributed by atoms with Gasteiger partial charge in [0.05, 0.1) is 6.61 Å². The maximum atomic E-state index is 10.6. The van der Waals surface area contributed by atoms with Gasteiger partial charge in [-0.1, -0.05) is 48.5 Å². The number of fused-ring (bicyclic) bond motifs is 1. The van der Waals surface area contributed by atoms with Crippen LogP contribution in [-0.4, -0.2) is 39.9 Å². The van der Waals surface area contributed by atoms with E-state index in [1.165, 1.54) is 5.56 Å². The lowest BCUT2D eigenvalue weighted by Gasteiger charge is -2.06. The number of H-pyrrole nitrogens is 1. The van der Waals surface area contributed by atoms with E-state index >= 15 is 0 Å². The van der Waals surface area contributed by atoms with Crippen molar-refractivity contribution >= 4 is 16.9 Å². The van der Waals surface area contributed by atoms with Gasteiger partial charge in [-0.25, -0.2) is 0 Å². The summed E-state index contributed by atoms with van der Waals surface area (Å²) in [4.78, 5) is 13.7. The fourth-order valence-corrected chi connectivity index (χ4v) is 2.61. The molecular weight excluding hydrogens is 330 g/mol. The Balaban J connectivity index is 0.000000197. The van der Waals surface area contributed by atoms with Gasteiger partial charge in [0.1, 0.15) is 6.04 Å². The summed E-state index contributed by atoms with van der Waals surface area (Å²) in [5.74, 6) is -0.972. The van der Waals surface area contributed by atoms with Crippen molar-refractivity contribution in [3.05, 3.63) is 71.9 Å². The van der Waals surface area contributed by atoms with E-state index in [1.807, 2.05) is 60.8 Å². The molecule has 2 atom stereocenters. The smallest absolute Gasteiger partial charge is 0.320 e. The fourth-order valence-electron chi connectivity index (χ4n) is 2.61. The van der Waals surface area contributed by atoms with E-state index in [4.69, 9.17) is 21.7 Å². The van der Waals surface area contributed by atoms with E-state index in [2.05, 4.69) is 4.98 Å². The molecule has 0 bridgehead atoms. The molecule has 3 rings (SSSR count). The number of benzene rings is 2. The molecule has 0 spiro atoms. The summed E-state index contributed by atoms with van der Waals surface area (Å²) in [6, 6.07) is 16.7. The van der Waals surface area contributed by atoms with E-state index in [9.17, 15) is 4.79 Å². The van der Waals surface area contributed by atoms with Gasteiger partial charge in [-0.05, 0) is 23.6 Å². The van der Waals surface area contributed by atoms with Gasteiger partial charge in [-0.3, -0.25) is 4.79 Å². The number of hydrogen-bond donors (Lipinski definition) is 5. The van der Waals surface area contributed by atoms with Crippen LogP contribution in [0.3, 0.4) is 0 Å². The number of rotatable bonds is 6. The molecular formula is C20H25N3O3. The van der Waals surface area contributed by atoms with Gasteiger partial charge in [0.15, 0.2) is 0 Å². The minimum Gasteiger partial charge on any atom is -0.480 e. The van der Waals surface area contributed by atoms with E-state index in [-0.39, 0.29) is 12.6 Å². The molecule has 6 heteroatoms. The first-order valence-electron chi connectivity index (χ1n) is 8.45. The van der Waals surface area contributed by atoms with Crippen molar-refractivity contribution in [3.8, 4) is 0 Å². The van der Waals surface area contributed by atoms with Gasteiger partial charge >= 0.3 is 5.97 Å². The van der Waals surface area contributed by atoms with Gasteiger partial charge in [0, 0.05) is 29.6 Å². The lowest BCUT2D eigenvalue weighted by atomic mass is 10.1. The zero-order valence-electron chi connectivity index (χ0n) is 14.5. The highest BCUT2D eigenvalue weighted by atomic mass is 16.4. The molecule has 0 saturated heterocycles. The Kier molecular flexibility index (Phi) is 7.35. The number of carboxylic acid groups (broad SMARTS) is 1. The summed E-state index contributed by atoms with van der Waals surface area (Å²) in [7, 11) is 0. The number of hydrogen-bond acceptors (Lipinski definition) is 4. The van der Waals surface area contributed by atoms with Crippen LogP contribution in [0.25, 0.3) is 10.9 Å². The number of aliphatic hydroxyl groups excluding tert-OH is 1. The van der Waals surface area contributed by atoms with Gasteiger partial charge in [-0.2, -0.15) is 0 Å². The Morgan fingerprint density at radius 3 is 2.31 bits per heavy atom. The second-order valence-electron chi connectivity index (χ2n) is 6.14. The molecule has 0 aliphatic heterocycles. The molecule has 2 aromatic carbocycles. The van der Waals surface area contributed by atoms with Gasteiger partial charge < -0.3 is 26.7 Å². The Hall–Kier alpha value is -2.67. The van der Waals surface area contributed by atoms with Crippen LogP contribution in [0.2, 0.25) is 0 Å². The SMILES string of the molecule is N[C@@H](Cc1c[nH]c2ccccc12)C(=O)O.N[C@H](CO)Cc1ccccc1. The lowest BCUT2D eigenvalue weighted by molar-refractivity contribution is -0.138. The van der Waals surface area contributed by atoms with Crippen LogP contribution in [-0.2, 0) is 17.6 Å². The van der Waals surface area contributed by atoms with Crippen LogP contribution in [0, 0.1) is 0 Å². The van der Waals surface area contributed by atoms with E-state index in [0.717, 1.165) is 22.9 Å². The highest BCUT2D eigenvalue weighted by Gasteiger charge is 2.14. The van der Waals surface area contributed by atoms with Crippen LogP contribution in [0.15, 0.2) is 60.8 Å². The standard InChI is InChI=1S/C11H12N2O2.C9H13NO/c12-9(11(14)15)5-7-6-13-10-4-2-1-3-8(7)10;10-9(7-11)6-8-4-2-1-3-5-8/h1-4,6,9,13H,5,12H2,(H,14,15);1-5,9,11H,6-7,10H2/t2*9-/m00/s1. The van der Waals surface area contributed by atoms with E-state index in [1.54, 1.807) is 0 Å². The molecule has 138 valence electrons.